The number of H-pyrrole nitrogens is 2. The molecule has 2 aromatic heterocycles. The summed E-state index contributed by atoms with van der Waals surface area (Å²) >= 11 is 0. The predicted octanol–water partition coefficient (Wildman–Crippen LogP) is 2.51. The first kappa shape index (κ1) is 9.77. The van der Waals surface area contributed by atoms with Gasteiger partial charge in [-0.3, -0.25) is 9.89 Å². The molecule has 0 unspecified atom stereocenters. The van der Waals surface area contributed by atoms with E-state index in [9.17, 15) is 9.18 Å². The van der Waals surface area contributed by atoms with Gasteiger partial charge < -0.3 is 4.98 Å². The molecular formula is C12H8FN3O. The van der Waals surface area contributed by atoms with E-state index in [1.54, 1.807) is 18.2 Å². The average Bonchev–Trinajstić information content (AvgIpc) is 2.94. The minimum atomic E-state index is -0.319. The molecule has 0 fully saturated rings. The highest BCUT2D eigenvalue weighted by molar-refractivity contribution is 5.90. The largest absolute Gasteiger partial charge is 0.351 e. The van der Waals surface area contributed by atoms with E-state index in [0.29, 0.717) is 28.8 Å². The third-order valence-electron chi connectivity index (χ3n) is 2.67. The monoisotopic (exact) mass is 229 g/mol. The van der Waals surface area contributed by atoms with E-state index < -0.39 is 0 Å². The summed E-state index contributed by atoms with van der Waals surface area (Å²) in [5, 5.41) is 7.27. The molecule has 0 atom stereocenters. The molecule has 0 spiro atoms. The Morgan fingerprint density at radius 2 is 2.24 bits per heavy atom. The first-order valence-electron chi connectivity index (χ1n) is 5.06. The first-order chi connectivity index (χ1) is 8.29. The molecule has 17 heavy (non-hydrogen) atoms. The van der Waals surface area contributed by atoms with Crippen LogP contribution in [0.5, 0.6) is 0 Å². The Hall–Kier alpha value is -2.43. The smallest absolute Gasteiger partial charge is 0.153 e. The van der Waals surface area contributed by atoms with Gasteiger partial charge in [0.2, 0.25) is 0 Å². The number of aromatic nitrogens is 3. The van der Waals surface area contributed by atoms with Crippen LogP contribution in [0.2, 0.25) is 0 Å². The lowest BCUT2D eigenvalue weighted by Crippen LogP contribution is -1.84. The number of benzene rings is 1. The number of fused-ring (bicyclic) bond motifs is 1. The number of carbonyl (C=O) groups excluding carboxylic acids is 1. The Balaban J connectivity index is 2.25. The number of nitrogens with zero attached hydrogens (tertiary/aromatic N) is 1. The van der Waals surface area contributed by atoms with Crippen molar-refractivity contribution < 1.29 is 9.18 Å². The number of rotatable bonds is 2. The minimum Gasteiger partial charge on any atom is -0.351 e. The maximum absolute atomic E-state index is 13.5. The van der Waals surface area contributed by atoms with Crippen molar-refractivity contribution in [2.24, 2.45) is 0 Å². The number of nitrogens with one attached hydrogen (secondary N) is 2. The van der Waals surface area contributed by atoms with Gasteiger partial charge in [-0.15, -0.1) is 0 Å². The van der Waals surface area contributed by atoms with Crippen LogP contribution in [0.3, 0.4) is 0 Å². The van der Waals surface area contributed by atoms with Crippen LogP contribution in [-0.4, -0.2) is 21.5 Å². The van der Waals surface area contributed by atoms with Crippen LogP contribution in [-0.2, 0) is 0 Å². The van der Waals surface area contributed by atoms with Gasteiger partial charge in [0, 0.05) is 5.39 Å². The Kier molecular flexibility index (Phi) is 2.04. The van der Waals surface area contributed by atoms with Crippen molar-refractivity contribution in [1.82, 2.24) is 15.2 Å². The van der Waals surface area contributed by atoms with Crippen molar-refractivity contribution >= 4 is 17.2 Å². The number of para-hydroxylation sites is 1. The molecule has 4 nitrogen and oxygen atoms in total. The molecule has 0 aliphatic heterocycles. The first-order valence-corrected chi connectivity index (χ1v) is 5.06. The van der Waals surface area contributed by atoms with Gasteiger partial charge in [-0.2, -0.15) is 5.10 Å². The van der Waals surface area contributed by atoms with Gasteiger partial charge in [-0.25, -0.2) is 4.39 Å². The van der Waals surface area contributed by atoms with Gasteiger partial charge >= 0.3 is 0 Å². The van der Waals surface area contributed by atoms with Crippen LogP contribution in [0.4, 0.5) is 4.39 Å². The molecule has 0 amide bonds. The maximum Gasteiger partial charge on any atom is 0.153 e. The summed E-state index contributed by atoms with van der Waals surface area (Å²) < 4.78 is 13.5. The van der Waals surface area contributed by atoms with E-state index in [-0.39, 0.29) is 5.82 Å². The zero-order chi connectivity index (χ0) is 11.8. The summed E-state index contributed by atoms with van der Waals surface area (Å²) in [5.74, 6) is -0.319. The molecule has 2 N–H and O–H groups in total. The summed E-state index contributed by atoms with van der Waals surface area (Å²) in [6.45, 7) is 0. The summed E-state index contributed by atoms with van der Waals surface area (Å²) in [4.78, 5) is 13.7. The van der Waals surface area contributed by atoms with E-state index in [0.717, 1.165) is 5.39 Å². The molecule has 84 valence electrons. The second-order valence-electron chi connectivity index (χ2n) is 3.71. The van der Waals surface area contributed by atoms with Gasteiger partial charge in [-0.1, -0.05) is 12.1 Å². The Morgan fingerprint density at radius 1 is 1.35 bits per heavy atom. The maximum atomic E-state index is 13.5. The summed E-state index contributed by atoms with van der Waals surface area (Å²) in [6, 6.07) is 6.60. The van der Waals surface area contributed by atoms with Gasteiger partial charge in [0.25, 0.3) is 0 Å². The third-order valence-corrected chi connectivity index (χ3v) is 2.67. The van der Waals surface area contributed by atoms with Crippen LogP contribution in [0, 0.1) is 5.82 Å². The number of halogens is 1. The van der Waals surface area contributed by atoms with Crippen LogP contribution in [0.25, 0.3) is 22.3 Å². The van der Waals surface area contributed by atoms with Crippen molar-refractivity contribution in [2.45, 2.75) is 0 Å². The average molecular weight is 229 g/mol. The summed E-state index contributed by atoms with van der Waals surface area (Å²) in [5.41, 5.74) is 2.08. The zero-order valence-electron chi connectivity index (χ0n) is 8.70. The van der Waals surface area contributed by atoms with E-state index in [1.165, 1.54) is 12.3 Å². The van der Waals surface area contributed by atoms with Gasteiger partial charge in [-0.05, 0) is 12.1 Å². The molecule has 0 saturated heterocycles. The second kappa shape index (κ2) is 3.55. The zero-order valence-corrected chi connectivity index (χ0v) is 8.70. The molecule has 0 saturated carbocycles. The molecule has 2 heterocycles. The molecule has 5 heteroatoms. The topological polar surface area (TPSA) is 61.5 Å². The third kappa shape index (κ3) is 1.44. The molecule has 0 aliphatic rings. The van der Waals surface area contributed by atoms with Crippen molar-refractivity contribution in [3.05, 3.63) is 41.8 Å². The minimum absolute atomic E-state index is 0.319. The normalized spacial score (nSPS) is 10.9. The summed E-state index contributed by atoms with van der Waals surface area (Å²) in [7, 11) is 0. The lowest BCUT2D eigenvalue weighted by Gasteiger charge is -1.93. The highest BCUT2D eigenvalue weighted by Gasteiger charge is 2.11. The van der Waals surface area contributed by atoms with E-state index in [1.807, 2.05) is 0 Å². The number of hydrogen-bond donors (Lipinski definition) is 2. The van der Waals surface area contributed by atoms with E-state index in [4.69, 9.17) is 0 Å². The Labute approximate surface area is 95.5 Å². The van der Waals surface area contributed by atoms with Crippen molar-refractivity contribution in [2.75, 3.05) is 0 Å². The lowest BCUT2D eigenvalue weighted by atomic mass is 10.2. The summed E-state index contributed by atoms with van der Waals surface area (Å²) in [6.07, 6.45) is 2.14. The van der Waals surface area contributed by atoms with Gasteiger partial charge in [0.05, 0.1) is 28.7 Å². The molecule has 3 aromatic rings. The van der Waals surface area contributed by atoms with Crippen LogP contribution in [0.15, 0.2) is 30.5 Å². The lowest BCUT2D eigenvalue weighted by molar-refractivity contribution is 0.112. The molecule has 0 radical (unpaired) electrons. The Bertz CT molecular complexity index is 699. The van der Waals surface area contributed by atoms with Crippen molar-refractivity contribution in [3.8, 4) is 11.4 Å². The molecule has 0 bridgehead atoms. The number of aromatic amines is 2. The Morgan fingerprint density at radius 3 is 3.00 bits per heavy atom. The number of aldehydes is 1. The fourth-order valence-corrected chi connectivity index (χ4v) is 1.85. The van der Waals surface area contributed by atoms with E-state index in [2.05, 4.69) is 15.2 Å². The fraction of sp³-hybridized carbons (Fsp3) is 0. The highest BCUT2D eigenvalue weighted by atomic mass is 19.1. The van der Waals surface area contributed by atoms with Crippen LogP contribution < -0.4 is 0 Å². The van der Waals surface area contributed by atoms with Gasteiger partial charge in [0.1, 0.15) is 5.82 Å². The molecule has 1 aromatic carbocycles. The van der Waals surface area contributed by atoms with Crippen molar-refractivity contribution in [3.63, 3.8) is 0 Å². The SMILES string of the molecule is O=Cc1cn[nH]c1-c1cc2cccc(F)c2[nH]1. The molecule has 0 aliphatic carbocycles. The standard InChI is InChI=1S/C12H8FN3O/c13-9-3-1-2-7-4-10(15-11(7)9)12-8(6-17)5-14-16-12/h1-6,15H,(H,14,16). The molecular weight excluding hydrogens is 221 g/mol. The highest BCUT2D eigenvalue weighted by Crippen LogP contribution is 2.25. The number of carbonyl (C=O) groups is 1. The predicted molar refractivity (Wildman–Crippen MR) is 61.2 cm³/mol. The fourth-order valence-electron chi connectivity index (χ4n) is 1.85. The quantitative estimate of drug-likeness (QED) is 0.663. The van der Waals surface area contributed by atoms with Crippen molar-refractivity contribution in [1.29, 1.82) is 0 Å². The van der Waals surface area contributed by atoms with Crippen LogP contribution >= 0.6 is 0 Å². The van der Waals surface area contributed by atoms with Crippen LogP contribution in [0.1, 0.15) is 10.4 Å². The number of hydrogen-bond acceptors (Lipinski definition) is 2. The second-order valence-corrected chi connectivity index (χ2v) is 3.71. The molecule has 3 rings (SSSR count). The van der Waals surface area contributed by atoms with Gasteiger partial charge in [0.15, 0.2) is 6.29 Å². The van der Waals surface area contributed by atoms with E-state index >= 15 is 0 Å².